The molecule has 8 heteroatoms. The molecule has 0 unspecified atom stereocenters. The Bertz CT molecular complexity index is 1120. The van der Waals surface area contributed by atoms with Crippen LogP contribution in [0.15, 0.2) is 64.3 Å². The second-order valence-corrected chi connectivity index (χ2v) is 8.25. The van der Waals surface area contributed by atoms with Crippen LogP contribution in [0.3, 0.4) is 0 Å². The van der Waals surface area contributed by atoms with E-state index < -0.39 is 10.0 Å². The van der Waals surface area contributed by atoms with Gasteiger partial charge in [0.25, 0.3) is 5.56 Å². The van der Waals surface area contributed by atoms with Gasteiger partial charge in [0.2, 0.25) is 10.0 Å². The molecule has 0 bridgehead atoms. The van der Waals surface area contributed by atoms with E-state index in [1.54, 1.807) is 12.1 Å². The molecular formula is C19H19N3O4S. The molecule has 7 nitrogen and oxygen atoms in total. The van der Waals surface area contributed by atoms with Crippen LogP contribution in [0.25, 0.3) is 5.69 Å². The first-order valence-corrected chi connectivity index (χ1v) is 9.97. The second kappa shape index (κ2) is 6.71. The fourth-order valence-electron chi connectivity index (χ4n) is 3.24. The Kier molecular flexibility index (Phi) is 4.37. The maximum atomic E-state index is 13.0. The van der Waals surface area contributed by atoms with E-state index in [4.69, 9.17) is 4.74 Å². The number of ether oxygens (including phenoxy) is 1. The number of rotatable bonds is 4. The van der Waals surface area contributed by atoms with Gasteiger partial charge in [-0.15, -0.1) is 0 Å². The lowest BCUT2D eigenvalue weighted by Gasteiger charge is -2.25. The van der Waals surface area contributed by atoms with Crippen LogP contribution in [0.1, 0.15) is 11.3 Å². The molecule has 1 aliphatic heterocycles. The van der Waals surface area contributed by atoms with E-state index >= 15 is 0 Å². The zero-order valence-corrected chi connectivity index (χ0v) is 15.6. The van der Waals surface area contributed by atoms with E-state index in [-0.39, 0.29) is 17.0 Å². The van der Waals surface area contributed by atoms with E-state index in [2.05, 4.69) is 5.10 Å². The number of nitrogens with one attached hydrogen (secondary N) is 1. The number of aromatic amines is 1. The number of methoxy groups -OCH3 is 1. The molecule has 1 N–H and O–H groups in total. The number of H-pyrrole nitrogens is 1. The molecule has 0 radical (unpaired) electrons. The molecule has 1 aliphatic rings. The summed E-state index contributed by atoms with van der Waals surface area (Å²) >= 11 is 0. The van der Waals surface area contributed by atoms with Crippen molar-refractivity contribution in [2.45, 2.75) is 17.9 Å². The highest BCUT2D eigenvalue weighted by Crippen LogP contribution is 2.24. The fraction of sp³-hybridized carbons (Fsp3) is 0.211. The molecule has 2 aromatic carbocycles. The minimum absolute atomic E-state index is 0.0544. The van der Waals surface area contributed by atoms with Crippen molar-refractivity contribution < 1.29 is 13.2 Å². The third-order valence-electron chi connectivity index (χ3n) is 4.73. The van der Waals surface area contributed by atoms with Crippen molar-refractivity contribution >= 4 is 10.0 Å². The number of hydrogen-bond donors (Lipinski definition) is 1. The normalized spacial score (nSPS) is 14.7. The van der Waals surface area contributed by atoms with Crippen molar-refractivity contribution in [3.05, 3.63) is 76.2 Å². The van der Waals surface area contributed by atoms with Crippen LogP contribution < -0.4 is 10.3 Å². The number of benzene rings is 2. The summed E-state index contributed by atoms with van der Waals surface area (Å²) in [6.07, 6.45) is 0.458. The Morgan fingerprint density at radius 3 is 2.41 bits per heavy atom. The molecule has 140 valence electrons. The van der Waals surface area contributed by atoms with Crippen LogP contribution >= 0.6 is 0 Å². The van der Waals surface area contributed by atoms with Gasteiger partial charge in [-0.05, 0) is 36.4 Å². The lowest BCUT2D eigenvalue weighted by molar-refractivity contribution is 0.388. The van der Waals surface area contributed by atoms with Gasteiger partial charge in [0, 0.05) is 25.2 Å². The van der Waals surface area contributed by atoms with E-state index in [1.807, 2.05) is 30.3 Å². The van der Waals surface area contributed by atoms with Gasteiger partial charge in [0.15, 0.2) is 0 Å². The summed E-state index contributed by atoms with van der Waals surface area (Å²) in [7, 11) is -2.16. The van der Waals surface area contributed by atoms with Gasteiger partial charge in [0.05, 0.1) is 23.3 Å². The standard InChI is InChI=1S/C19H19N3O4S/c1-26-15-7-9-16(10-8-15)27(24,25)21-12-11-18-17(13-21)19(23)22(20-18)14-5-3-2-4-6-14/h2-10,20H,11-13H2,1H3. The van der Waals surface area contributed by atoms with Gasteiger partial charge in [0.1, 0.15) is 5.75 Å². The monoisotopic (exact) mass is 385 g/mol. The Morgan fingerprint density at radius 1 is 1.04 bits per heavy atom. The van der Waals surface area contributed by atoms with Crippen LogP contribution in [-0.4, -0.2) is 36.2 Å². The smallest absolute Gasteiger partial charge is 0.276 e. The van der Waals surface area contributed by atoms with Crippen LogP contribution in [0.5, 0.6) is 5.75 Å². The minimum Gasteiger partial charge on any atom is -0.497 e. The number of hydrogen-bond acceptors (Lipinski definition) is 4. The highest BCUT2D eigenvalue weighted by Gasteiger charge is 2.31. The van der Waals surface area contributed by atoms with Gasteiger partial charge < -0.3 is 4.74 Å². The molecule has 0 aliphatic carbocycles. The van der Waals surface area contributed by atoms with Gasteiger partial charge in [-0.2, -0.15) is 4.31 Å². The van der Waals surface area contributed by atoms with Crippen molar-refractivity contribution in [1.29, 1.82) is 0 Å². The highest BCUT2D eigenvalue weighted by molar-refractivity contribution is 7.89. The molecule has 0 saturated heterocycles. The molecule has 27 heavy (non-hydrogen) atoms. The zero-order chi connectivity index (χ0) is 19.0. The summed E-state index contributed by atoms with van der Waals surface area (Å²) in [4.78, 5) is 13.0. The van der Waals surface area contributed by atoms with Crippen molar-refractivity contribution in [3.63, 3.8) is 0 Å². The maximum absolute atomic E-state index is 13.0. The Morgan fingerprint density at radius 2 is 1.74 bits per heavy atom. The van der Waals surface area contributed by atoms with Gasteiger partial charge >= 0.3 is 0 Å². The predicted molar refractivity (Wildman–Crippen MR) is 101 cm³/mol. The minimum atomic E-state index is -3.69. The largest absolute Gasteiger partial charge is 0.497 e. The topological polar surface area (TPSA) is 84.4 Å². The van der Waals surface area contributed by atoms with Crippen molar-refractivity contribution in [3.8, 4) is 11.4 Å². The number of fused-ring (bicyclic) bond motifs is 1. The first-order chi connectivity index (χ1) is 13.0. The van der Waals surface area contributed by atoms with Crippen LogP contribution in [-0.2, 0) is 23.0 Å². The summed E-state index contributed by atoms with van der Waals surface area (Å²) < 4.78 is 33.8. The molecule has 3 aromatic rings. The lowest BCUT2D eigenvalue weighted by atomic mass is 10.1. The molecule has 0 amide bonds. The Labute approximate surface area is 156 Å². The molecule has 0 fully saturated rings. The van der Waals surface area contributed by atoms with Gasteiger partial charge in [-0.1, -0.05) is 18.2 Å². The zero-order valence-electron chi connectivity index (χ0n) is 14.8. The van der Waals surface area contributed by atoms with Crippen molar-refractivity contribution in [1.82, 2.24) is 14.1 Å². The van der Waals surface area contributed by atoms with Crippen molar-refractivity contribution in [2.24, 2.45) is 0 Å². The summed E-state index contributed by atoms with van der Waals surface area (Å²) in [6, 6.07) is 15.5. The van der Waals surface area contributed by atoms with Crippen LogP contribution in [0.4, 0.5) is 0 Å². The Balaban J connectivity index is 1.66. The summed E-state index contributed by atoms with van der Waals surface area (Å²) in [5.41, 5.74) is 1.78. The van der Waals surface area contributed by atoms with E-state index in [0.717, 1.165) is 11.4 Å². The lowest BCUT2D eigenvalue weighted by Crippen LogP contribution is -2.37. The molecule has 2 heterocycles. The maximum Gasteiger partial charge on any atom is 0.276 e. The third-order valence-corrected chi connectivity index (χ3v) is 6.59. The first kappa shape index (κ1) is 17.6. The quantitative estimate of drug-likeness (QED) is 0.744. The first-order valence-electron chi connectivity index (χ1n) is 8.53. The highest BCUT2D eigenvalue weighted by atomic mass is 32.2. The van der Waals surface area contributed by atoms with E-state index in [1.165, 1.54) is 28.2 Å². The molecule has 0 saturated carbocycles. The number of nitrogens with zero attached hydrogens (tertiary/aromatic N) is 2. The van der Waals surface area contributed by atoms with Crippen molar-refractivity contribution in [2.75, 3.05) is 13.7 Å². The number of sulfonamides is 1. The van der Waals surface area contributed by atoms with E-state index in [0.29, 0.717) is 24.3 Å². The average Bonchev–Trinajstić information content (AvgIpc) is 3.05. The van der Waals surface area contributed by atoms with E-state index in [9.17, 15) is 13.2 Å². The summed E-state index contributed by atoms with van der Waals surface area (Å²) in [5, 5.41) is 3.11. The van der Waals surface area contributed by atoms with Crippen LogP contribution in [0, 0.1) is 0 Å². The fourth-order valence-corrected chi connectivity index (χ4v) is 4.65. The van der Waals surface area contributed by atoms with Crippen LogP contribution in [0.2, 0.25) is 0 Å². The number of para-hydroxylation sites is 1. The average molecular weight is 385 g/mol. The molecule has 0 atom stereocenters. The van der Waals surface area contributed by atoms with Gasteiger partial charge in [-0.25, -0.2) is 13.1 Å². The molecule has 4 rings (SSSR count). The molecule has 0 spiro atoms. The van der Waals surface area contributed by atoms with Gasteiger partial charge in [-0.3, -0.25) is 9.89 Å². The Hall–Kier alpha value is -2.84. The second-order valence-electron chi connectivity index (χ2n) is 6.31. The third kappa shape index (κ3) is 3.07. The summed E-state index contributed by atoms with van der Waals surface area (Å²) in [6.45, 7) is 0.370. The number of aromatic nitrogens is 2. The molecular weight excluding hydrogens is 366 g/mol. The molecule has 1 aromatic heterocycles. The SMILES string of the molecule is COc1ccc(S(=O)(=O)N2CCc3[nH]n(-c4ccccc4)c(=O)c3C2)cc1. The predicted octanol–water partition coefficient (Wildman–Crippen LogP) is 1.92. The summed E-state index contributed by atoms with van der Waals surface area (Å²) in [5.74, 6) is 0.589.